The van der Waals surface area contributed by atoms with Crippen molar-refractivity contribution in [3.05, 3.63) is 29.8 Å². The van der Waals surface area contributed by atoms with Crippen molar-refractivity contribution in [2.45, 2.75) is 53.0 Å². The fourth-order valence-corrected chi connectivity index (χ4v) is 2.68. The molecule has 0 spiro atoms. The molecule has 0 aliphatic heterocycles. The van der Waals surface area contributed by atoms with Gasteiger partial charge in [-0.15, -0.1) is 0 Å². The molecule has 2 nitrogen and oxygen atoms in total. The number of benzene rings is 1. The van der Waals surface area contributed by atoms with E-state index in [4.69, 9.17) is 0 Å². The van der Waals surface area contributed by atoms with E-state index in [1.807, 2.05) is 0 Å². The first-order chi connectivity index (χ1) is 9.28. The summed E-state index contributed by atoms with van der Waals surface area (Å²) >= 11 is 0. The lowest BCUT2D eigenvalue weighted by atomic mass is 10.0. The summed E-state index contributed by atoms with van der Waals surface area (Å²) in [4.78, 5) is 2.54. The van der Waals surface area contributed by atoms with Crippen LogP contribution < -0.4 is 10.2 Å². The molecule has 2 heteroatoms. The smallest absolute Gasteiger partial charge is 0.0414 e. The first-order valence-electron chi connectivity index (χ1n) is 7.85. The van der Waals surface area contributed by atoms with E-state index in [9.17, 15) is 0 Å². The van der Waals surface area contributed by atoms with E-state index in [2.05, 4.69) is 62.2 Å². The molecule has 108 valence electrons. The molecule has 0 heterocycles. The van der Waals surface area contributed by atoms with Gasteiger partial charge >= 0.3 is 0 Å². The van der Waals surface area contributed by atoms with Gasteiger partial charge < -0.3 is 10.2 Å². The molecular weight excluding hydrogens is 232 g/mol. The molecule has 19 heavy (non-hydrogen) atoms. The van der Waals surface area contributed by atoms with Gasteiger partial charge in [0.15, 0.2) is 0 Å². The van der Waals surface area contributed by atoms with Crippen LogP contribution in [0.15, 0.2) is 24.3 Å². The van der Waals surface area contributed by atoms with Crippen LogP contribution in [-0.2, 0) is 0 Å². The molecule has 0 bridgehead atoms. The Kier molecular flexibility index (Phi) is 7.57. The highest BCUT2D eigenvalue weighted by Gasteiger charge is 2.15. The van der Waals surface area contributed by atoms with Crippen molar-refractivity contribution < 1.29 is 0 Å². The van der Waals surface area contributed by atoms with Crippen LogP contribution in [0, 0.1) is 0 Å². The third-order valence-electron chi connectivity index (χ3n) is 3.50. The van der Waals surface area contributed by atoms with Crippen LogP contribution in [0.5, 0.6) is 0 Å². The Morgan fingerprint density at radius 2 is 1.63 bits per heavy atom. The van der Waals surface area contributed by atoms with E-state index in [1.54, 1.807) is 0 Å². The van der Waals surface area contributed by atoms with Crippen LogP contribution in [0.25, 0.3) is 0 Å². The molecule has 1 aromatic rings. The summed E-state index contributed by atoms with van der Waals surface area (Å²) in [6.07, 6.45) is 3.54. The highest BCUT2D eigenvalue weighted by molar-refractivity contribution is 5.55. The fraction of sp³-hybridized carbons (Fsp3) is 0.647. The molecule has 0 saturated carbocycles. The topological polar surface area (TPSA) is 15.3 Å². The van der Waals surface area contributed by atoms with Crippen molar-refractivity contribution in [2.75, 3.05) is 24.5 Å². The SMILES string of the molecule is CCCN(CCC)c1ccccc1C(CC)NCC. The maximum absolute atomic E-state index is 3.60. The second-order valence-electron chi connectivity index (χ2n) is 5.06. The highest BCUT2D eigenvalue weighted by atomic mass is 15.1. The Bertz CT molecular complexity index is 343. The van der Waals surface area contributed by atoms with E-state index < -0.39 is 0 Å². The van der Waals surface area contributed by atoms with Gasteiger partial charge in [0.25, 0.3) is 0 Å². The largest absolute Gasteiger partial charge is 0.371 e. The molecule has 0 aliphatic carbocycles. The van der Waals surface area contributed by atoms with E-state index in [0.717, 1.165) is 26.1 Å². The Morgan fingerprint density at radius 3 is 2.16 bits per heavy atom. The van der Waals surface area contributed by atoms with Gasteiger partial charge in [-0.1, -0.05) is 45.9 Å². The van der Waals surface area contributed by atoms with Gasteiger partial charge in [-0.05, 0) is 37.4 Å². The lowest BCUT2D eigenvalue weighted by Gasteiger charge is -2.29. The molecule has 1 N–H and O–H groups in total. The van der Waals surface area contributed by atoms with E-state index in [1.165, 1.54) is 24.1 Å². The molecule has 1 aromatic carbocycles. The van der Waals surface area contributed by atoms with E-state index in [-0.39, 0.29) is 0 Å². The van der Waals surface area contributed by atoms with E-state index >= 15 is 0 Å². The van der Waals surface area contributed by atoms with Gasteiger partial charge in [-0.3, -0.25) is 0 Å². The summed E-state index contributed by atoms with van der Waals surface area (Å²) in [5.74, 6) is 0. The van der Waals surface area contributed by atoms with Crippen LogP contribution in [0.2, 0.25) is 0 Å². The lowest BCUT2D eigenvalue weighted by molar-refractivity contribution is 0.535. The number of hydrogen-bond acceptors (Lipinski definition) is 2. The number of rotatable bonds is 9. The zero-order chi connectivity index (χ0) is 14.1. The second-order valence-corrected chi connectivity index (χ2v) is 5.06. The van der Waals surface area contributed by atoms with Gasteiger partial charge in [0.2, 0.25) is 0 Å². The number of nitrogens with zero attached hydrogens (tertiary/aromatic N) is 1. The average Bonchev–Trinajstić information content (AvgIpc) is 2.44. The Balaban J connectivity index is 3.03. The van der Waals surface area contributed by atoms with Crippen molar-refractivity contribution in [3.8, 4) is 0 Å². The molecule has 0 saturated heterocycles. The van der Waals surface area contributed by atoms with Crippen LogP contribution in [-0.4, -0.2) is 19.6 Å². The number of hydrogen-bond donors (Lipinski definition) is 1. The predicted molar refractivity (Wildman–Crippen MR) is 85.9 cm³/mol. The highest BCUT2D eigenvalue weighted by Crippen LogP contribution is 2.28. The van der Waals surface area contributed by atoms with Gasteiger partial charge in [0.05, 0.1) is 0 Å². The lowest BCUT2D eigenvalue weighted by Crippen LogP contribution is -2.28. The van der Waals surface area contributed by atoms with Crippen molar-refractivity contribution in [3.63, 3.8) is 0 Å². The molecule has 1 rings (SSSR count). The van der Waals surface area contributed by atoms with Crippen LogP contribution in [0.1, 0.15) is 58.6 Å². The molecule has 0 aromatic heterocycles. The van der Waals surface area contributed by atoms with Gasteiger partial charge in [-0.2, -0.15) is 0 Å². The molecule has 1 atom stereocenters. The third kappa shape index (κ3) is 4.54. The third-order valence-corrected chi connectivity index (χ3v) is 3.50. The fourth-order valence-electron chi connectivity index (χ4n) is 2.68. The Hall–Kier alpha value is -1.02. The summed E-state index contributed by atoms with van der Waals surface area (Å²) in [5.41, 5.74) is 2.87. The van der Waals surface area contributed by atoms with E-state index in [0.29, 0.717) is 6.04 Å². The first-order valence-corrected chi connectivity index (χ1v) is 7.85. The minimum absolute atomic E-state index is 0.470. The first kappa shape index (κ1) is 16.0. The minimum atomic E-state index is 0.470. The van der Waals surface area contributed by atoms with Crippen molar-refractivity contribution in [2.24, 2.45) is 0 Å². The number of para-hydroxylation sites is 1. The molecule has 0 aliphatic rings. The summed E-state index contributed by atoms with van der Waals surface area (Å²) in [6.45, 7) is 12.3. The molecule has 1 unspecified atom stereocenters. The Labute approximate surface area is 119 Å². The molecule has 0 amide bonds. The van der Waals surface area contributed by atoms with Gasteiger partial charge in [0, 0.05) is 24.8 Å². The van der Waals surface area contributed by atoms with Crippen molar-refractivity contribution in [1.82, 2.24) is 5.32 Å². The van der Waals surface area contributed by atoms with Crippen LogP contribution in [0.3, 0.4) is 0 Å². The average molecular weight is 262 g/mol. The quantitative estimate of drug-likeness (QED) is 0.710. The zero-order valence-corrected chi connectivity index (χ0v) is 13.1. The summed E-state index contributed by atoms with van der Waals surface area (Å²) in [6, 6.07) is 9.35. The summed E-state index contributed by atoms with van der Waals surface area (Å²) in [7, 11) is 0. The summed E-state index contributed by atoms with van der Waals surface area (Å²) < 4.78 is 0. The number of nitrogens with one attached hydrogen (secondary N) is 1. The zero-order valence-electron chi connectivity index (χ0n) is 13.1. The normalized spacial score (nSPS) is 12.4. The molecule has 0 radical (unpaired) electrons. The summed E-state index contributed by atoms with van der Waals surface area (Å²) in [5, 5.41) is 3.60. The number of anilines is 1. The standard InChI is InChI=1S/C17H30N2/c1-5-13-19(14-6-2)17-12-10-9-11-15(17)16(7-3)18-8-4/h9-12,16,18H,5-8,13-14H2,1-4H3. The maximum atomic E-state index is 3.60. The predicted octanol–water partition coefficient (Wildman–Crippen LogP) is 4.37. The molecular formula is C17H30N2. The van der Waals surface area contributed by atoms with Gasteiger partial charge in [-0.25, -0.2) is 0 Å². The Morgan fingerprint density at radius 1 is 1.00 bits per heavy atom. The van der Waals surface area contributed by atoms with Crippen LogP contribution >= 0.6 is 0 Å². The second kappa shape index (κ2) is 8.98. The van der Waals surface area contributed by atoms with Crippen LogP contribution in [0.4, 0.5) is 5.69 Å². The molecule has 0 fully saturated rings. The monoisotopic (exact) mass is 262 g/mol. The maximum Gasteiger partial charge on any atom is 0.0414 e. The van der Waals surface area contributed by atoms with Crippen molar-refractivity contribution >= 4 is 5.69 Å². The minimum Gasteiger partial charge on any atom is -0.371 e. The van der Waals surface area contributed by atoms with Gasteiger partial charge in [0.1, 0.15) is 0 Å². The van der Waals surface area contributed by atoms with Crippen molar-refractivity contribution in [1.29, 1.82) is 0 Å².